The molecule has 0 spiro atoms. The quantitative estimate of drug-likeness (QED) is 0.182. The third kappa shape index (κ3) is 8.61. The molecule has 0 saturated carbocycles. The lowest BCUT2D eigenvalue weighted by atomic mass is 10.1. The van der Waals surface area contributed by atoms with E-state index >= 15 is 0 Å². The number of unbranched alkanes of at least 4 members (excludes halogenated alkanes) is 5. The number of ether oxygens (including phenoxy) is 1. The topological polar surface area (TPSA) is 132 Å². The third-order valence-corrected chi connectivity index (χ3v) is 5.91. The first-order valence-corrected chi connectivity index (χ1v) is 12.5. The summed E-state index contributed by atoms with van der Waals surface area (Å²) in [6.07, 6.45) is 12.6. The predicted molar refractivity (Wildman–Crippen MR) is 137 cm³/mol. The Balaban J connectivity index is 1.27. The molecule has 0 unspecified atom stereocenters. The van der Waals surface area contributed by atoms with Crippen LogP contribution in [0.2, 0.25) is 0 Å². The van der Waals surface area contributed by atoms with Gasteiger partial charge in [-0.3, -0.25) is 15.4 Å². The molecule has 9 nitrogen and oxygen atoms in total. The third-order valence-electron chi connectivity index (χ3n) is 5.91. The highest BCUT2D eigenvalue weighted by Crippen LogP contribution is 2.14. The van der Waals surface area contributed by atoms with Crippen LogP contribution in [0.5, 0.6) is 5.75 Å². The fourth-order valence-corrected chi connectivity index (χ4v) is 3.97. The van der Waals surface area contributed by atoms with Gasteiger partial charge in [-0.1, -0.05) is 19.3 Å². The lowest BCUT2D eigenvalue weighted by Gasteiger charge is -2.15. The molecule has 9 heteroatoms. The Morgan fingerprint density at radius 3 is 2.32 bits per heavy atom. The number of aromatic nitrogens is 2. The van der Waals surface area contributed by atoms with E-state index in [4.69, 9.17) is 21.6 Å². The summed E-state index contributed by atoms with van der Waals surface area (Å²) in [5, 5.41) is 11.7. The first kappa shape index (κ1) is 25.4. The summed E-state index contributed by atoms with van der Waals surface area (Å²) in [6, 6.07) is 8.14. The van der Waals surface area contributed by atoms with Crippen molar-refractivity contribution in [1.82, 2.24) is 14.5 Å². The molecular weight excluding hydrogens is 428 g/mol. The number of hydrogen-bond acceptors (Lipinski definition) is 5. The number of guanidine groups is 1. The summed E-state index contributed by atoms with van der Waals surface area (Å²) in [5.74, 6) is 2.04. The van der Waals surface area contributed by atoms with Gasteiger partial charge in [-0.2, -0.15) is 0 Å². The largest absolute Gasteiger partial charge is 0.494 e. The fourth-order valence-electron chi connectivity index (χ4n) is 3.97. The van der Waals surface area contributed by atoms with Gasteiger partial charge in [-0.05, 0) is 56.4 Å². The van der Waals surface area contributed by atoms with Crippen LogP contribution in [0.4, 0.5) is 0 Å². The maximum absolute atomic E-state index is 8.40. The van der Waals surface area contributed by atoms with Gasteiger partial charge in [0.25, 0.3) is 0 Å². The molecule has 2 heterocycles. The minimum Gasteiger partial charge on any atom is -0.494 e. The van der Waals surface area contributed by atoms with Crippen LogP contribution in [0.3, 0.4) is 0 Å². The summed E-state index contributed by atoms with van der Waals surface area (Å²) in [5.41, 5.74) is 12.3. The minimum absolute atomic E-state index is 0.171. The first-order chi connectivity index (χ1) is 16.6. The zero-order valence-corrected chi connectivity index (χ0v) is 20.2. The van der Waals surface area contributed by atoms with Crippen molar-refractivity contribution in [3.63, 3.8) is 0 Å². The highest BCUT2D eigenvalue weighted by molar-refractivity contribution is 5.99. The molecular formula is C25H40N8O. The normalized spacial score (nSPS) is 13.2. The second kappa shape index (κ2) is 14.1. The van der Waals surface area contributed by atoms with E-state index in [1.807, 2.05) is 33.7 Å². The van der Waals surface area contributed by atoms with Crippen molar-refractivity contribution < 1.29 is 4.74 Å². The highest BCUT2D eigenvalue weighted by Gasteiger charge is 2.07. The number of rotatable bonds is 15. The van der Waals surface area contributed by atoms with Gasteiger partial charge in [-0.25, -0.2) is 0 Å². The first-order valence-electron chi connectivity index (χ1n) is 12.5. The van der Waals surface area contributed by atoms with Crippen LogP contribution in [-0.4, -0.2) is 47.2 Å². The molecule has 0 aliphatic carbocycles. The fraction of sp³-hybridized carbons (Fsp3) is 0.560. The molecule has 2 aromatic rings. The lowest BCUT2D eigenvalue weighted by molar-refractivity contribution is 0.302. The summed E-state index contributed by atoms with van der Waals surface area (Å²) in [7, 11) is 0. The van der Waals surface area contributed by atoms with Gasteiger partial charge in [-0.15, -0.1) is 0 Å². The van der Waals surface area contributed by atoms with Crippen LogP contribution in [0.15, 0.2) is 46.6 Å². The van der Waals surface area contributed by atoms with E-state index in [-0.39, 0.29) is 5.96 Å². The maximum Gasteiger partial charge on any atom is 0.202 e. The van der Waals surface area contributed by atoms with Crippen LogP contribution in [-0.2, 0) is 13.1 Å². The van der Waals surface area contributed by atoms with Crippen molar-refractivity contribution in [2.24, 2.45) is 21.5 Å². The molecule has 34 heavy (non-hydrogen) atoms. The molecule has 0 saturated heterocycles. The maximum atomic E-state index is 8.40. The number of nitrogens with zero attached hydrogens (tertiary/aromatic N) is 4. The van der Waals surface area contributed by atoms with Gasteiger partial charge in [0.2, 0.25) is 5.62 Å². The van der Waals surface area contributed by atoms with Crippen molar-refractivity contribution in [3.8, 4) is 5.75 Å². The van der Waals surface area contributed by atoms with Crippen molar-refractivity contribution in [2.45, 2.75) is 64.5 Å². The Bertz CT molecular complexity index is 970. The van der Waals surface area contributed by atoms with E-state index in [1.54, 1.807) is 0 Å². The Labute approximate surface area is 202 Å². The molecule has 0 amide bonds. The number of imidazole rings is 1. The SMILES string of the molecule is N=c1n(CCCCCCCN=C(N)N)ccn1CCCCOc1ccc(C2=NCCCN2)cc1. The van der Waals surface area contributed by atoms with E-state index in [0.717, 1.165) is 88.3 Å². The van der Waals surface area contributed by atoms with Gasteiger partial charge < -0.3 is 30.7 Å². The van der Waals surface area contributed by atoms with Crippen LogP contribution in [0.25, 0.3) is 0 Å². The second-order valence-corrected chi connectivity index (χ2v) is 8.67. The van der Waals surface area contributed by atoms with Crippen LogP contribution in [0, 0.1) is 5.41 Å². The Morgan fingerprint density at radius 2 is 1.65 bits per heavy atom. The number of benzene rings is 1. The number of aryl methyl sites for hydroxylation is 2. The van der Waals surface area contributed by atoms with Gasteiger partial charge in [0.1, 0.15) is 11.6 Å². The smallest absolute Gasteiger partial charge is 0.202 e. The molecule has 1 aromatic carbocycles. The Morgan fingerprint density at radius 1 is 0.971 bits per heavy atom. The second-order valence-electron chi connectivity index (χ2n) is 8.67. The summed E-state index contributed by atoms with van der Waals surface area (Å²) >= 11 is 0. The van der Waals surface area contributed by atoms with Crippen molar-refractivity contribution in [2.75, 3.05) is 26.2 Å². The average molecular weight is 469 g/mol. The summed E-state index contributed by atoms with van der Waals surface area (Å²) < 4.78 is 9.94. The van der Waals surface area contributed by atoms with E-state index in [2.05, 4.69) is 27.4 Å². The molecule has 0 radical (unpaired) electrons. The van der Waals surface area contributed by atoms with Crippen LogP contribution in [0.1, 0.15) is 56.9 Å². The lowest BCUT2D eigenvalue weighted by Crippen LogP contribution is -2.30. The molecule has 3 rings (SSSR count). The van der Waals surface area contributed by atoms with Crippen molar-refractivity contribution in [1.29, 1.82) is 5.41 Å². The Hall–Kier alpha value is -3.23. The predicted octanol–water partition coefficient (Wildman–Crippen LogP) is 2.59. The number of nitrogens with two attached hydrogens (primary N) is 2. The molecule has 0 atom stereocenters. The van der Waals surface area contributed by atoms with E-state index in [9.17, 15) is 0 Å². The van der Waals surface area contributed by atoms with Gasteiger partial charge in [0, 0.05) is 50.7 Å². The van der Waals surface area contributed by atoms with E-state index in [1.165, 1.54) is 6.42 Å². The zero-order valence-electron chi connectivity index (χ0n) is 20.2. The summed E-state index contributed by atoms with van der Waals surface area (Å²) in [6.45, 7) is 5.00. The molecule has 0 bridgehead atoms. The van der Waals surface area contributed by atoms with Crippen LogP contribution < -0.4 is 27.1 Å². The number of nitrogens with one attached hydrogen (secondary N) is 2. The number of hydrogen-bond donors (Lipinski definition) is 4. The van der Waals surface area contributed by atoms with E-state index in [0.29, 0.717) is 18.8 Å². The molecule has 1 aliphatic rings. The van der Waals surface area contributed by atoms with E-state index < -0.39 is 0 Å². The zero-order chi connectivity index (χ0) is 24.0. The molecule has 1 aliphatic heterocycles. The molecule has 1 aromatic heterocycles. The van der Waals surface area contributed by atoms with Gasteiger partial charge in [0.15, 0.2) is 5.96 Å². The van der Waals surface area contributed by atoms with Crippen molar-refractivity contribution >= 4 is 11.8 Å². The van der Waals surface area contributed by atoms with Gasteiger partial charge >= 0.3 is 0 Å². The number of amidine groups is 1. The molecule has 0 fully saturated rings. The number of aliphatic imine (C=N–C) groups is 2. The standard InChI is InChI=1S/C25H40N8O/c26-24(27)31-13-4-2-1-3-5-16-32-18-19-33(25(32)28)17-6-7-20-34-22-11-9-21(10-12-22)23-29-14-8-15-30-23/h9-12,18-19,28H,1-8,13-17,20H2,(H,29,30)(H4,26,27,31). The minimum atomic E-state index is 0.171. The van der Waals surface area contributed by atoms with Crippen LogP contribution >= 0.6 is 0 Å². The monoisotopic (exact) mass is 468 g/mol. The Kier molecular flexibility index (Phi) is 10.5. The van der Waals surface area contributed by atoms with Crippen molar-refractivity contribution in [3.05, 3.63) is 47.8 Å². The average Bonchev–Trinajstić information content (AvgIpc) is 3.20. The molecule has 6 N–H and O–H groups in total. The summed E-state index contributed by atoms with van der Waals surface area (Å²) in [4.78, 5) is 8.53. The molecule has 186 valence electrons. The van der Waals surface area contributed by atoms with Gasteiger partial charge in [0.05, 0.1) is 6.61 Å². The highest BCUT2D eigenvalue weighted by atomic mass is 16.5.